The fourth-order valence-electron chi connectivity index (χ4n) is 2.19. The van der Waals surface area contributed by atoms with Crippen LogP contribution in [0.3, 0.4) is 0 Å². The molecule has 0 aliphatic carbocycles. The van der Waals surface area contributed by atoms with Crippen LogP contribution < -0.4 is 10.1 Å². The zero-order chi connectivity index (χ0) is 17.6. The lowest BCUT2D eigenvalue weighted by Crippen LogP contribution is -2.13. The molecule has 3 aromatic rings. The van der Waals surface area contributed by atoms with Gasteiger partial charge in [0.1, 0.15) is 5.75 Å². The molecule has 128 valence electrons. The summed E-state index contributed by atoms with van der Waals surface area (Å²) in [5.74, 6) is 0.561. The van der Waals surface area contributed by atoms with E-state index in [2.05, 4.69) is 15.6 Å². The molecule has 1 heterocycles. The first-order chi connectivity index (χ1) is 12.2. The molecule has 0 spiro atoms. The summed E-state index contributed by atoms with van der Waals surface area (Å²) in [6.07, 6.45) is 0.894. The minimum absolute atomic E-state index is 0.243. The van der Waals surface area contributed by atoms with Gasteiger partial charge in [-0.2, -0.15) is 0 Å². The maximum absolute atomic E-state index is 12.5. The van der Waals surface area contributed by atoms with Crippen molar-refractivity contribution in [3.8, 4) is 17.0 Å². The fourth-order valence-corrected chi connectivity index (χ4v) is 2.32. The Morgan fingerprint density at radius 2 is 2.00 bits per heavy atom. The van der Waals surface area contributed by atoms with Crippen LogP contribution in [0.1, 0.15) is 23.7 Å². The highest BCUT2D eigenvalue weighted by molar-refractivity contribution is 6.30. The summed E-state index contributed by atoms with van der Waals surface area (Å²) in [5, 5.41) is 10.9. The molecule has 25 heavy (non-hydrogen) atoms. The third-order valence-corrected chi connectivity index (χ3v) is 3.66. The largest absolute Gasteiger partial charge is 0.494 e. The lowest BCUT2D eigenvalue weighted by Gasteiger charge is -2.07. The van der Waals surface area contributed by atoms with E-state index in [4.69, 9.17) is 21.0 Å². The number of halogens is 1. The smallest absolute Gasteiger partial charge is 0.257 e. The van der Waals surface area contributed by atoms with Gasteiger partial charge in [0, 0.05) is 16.1 Å². The molecule has 0 aliphatic rings. The average molecular weight is 358 g/mol. The zero-order valence-corrected chi connectivity index (χ0v) is 14.3. The normalized spacial score (nSPS) is 10.5. The summed E-state index contributed by atoms with van der Waals surface area (Å²) in [6.45, 7) is 2.62. The van der Waals surface area contributed by atoms with Gasteiger partial charge in [-0.25, -0.2) is 4.63 Å². The third kappa shape index (κ3) is 4.16. The fraction of sp³-hybridized carbons (Fsp3) is 0.167. The van der Waals surface area contributed by atoms with E-state index in [1.54, 1.807) is 42.5 Å². The molecular weight excluding hydrogens is 342 g/mol. The number of nitrogens with one attached hydrogen (secondary N) is 1. The van der Waals surface area contributed by atoms with Gasteiger partial charge >= 0.3 is 0 Å². The number of hydrogen-bond acceptors (Lipinski definition) is 5. The number of rotatable bonds is 6. The van der Waals surface area contributed by atoms with E-state index < -0.39 is 0 Å². The zero-order valence-electron chi connectivity index (χ0n) is 13.5. The summed E-state index contributed by atoms with van der Waals surface area (Å²) < 4.78 is 10.3. The van der Waals surface area contributed by atoms with E-state index in [1.165, 1.54) is 0 Å². The lowest BCUT2D eigenvalue weighted by atomic mass is 10.1. The van der Waals surface area contributed by atoms with Crippen molar-refractivity contribution in [3.63, 3.8) is 0 Å². The number of aromatic nitrogens is 2. The molecule has 7 heteroatoms. The number of carbonyl (C=O) groups excluding carboxylic acids is 1. The molecule has 0 unspecified atom stereocenters. The van der Waals surface area contributed by atoms with E-state index in [9.17, 15) is 4.79 Å². The van der Waals surface area contributed by atoms with Crippen molar-refractivity contribution < 1.29 is 14.2 Å². The number of hydrogen-bond donors (Lipinski definition) is 1. The van der Waals surface area contributed by atoms with Crippen molar-refractivity contribution in [1.82, 2.24) is 10.3 Å². The summed E-state index contributed by atoms with van der Waals surface area (Å²) in [6, 6.07) is 14.0. The van der Waals surface area contributed by atoms with Crippen molar-refractivity contribution in [1.29, 1.82) is 0 Å². The van der Waals surface area contributed by atoms with Gasteiger partial charge in [0.25, 0.3) is 5.91 Å². The van der Waals surface area contributed by atoms with E-state index in [0.717, 1.165) is 12.0 Å². The molecule has 0 saturated carbocycles. The van der Waals surface area contributed by atoms with Crippen LogP contribution in [0.2, 0.25) is 5.02 Å². The van der Waals surface area contributed by atoms with Crippen LogP contribution in [-0.2, 0) is 0 Å². The van der Waals surface area contributed by atoms with Crippen LogP contribution in [-0.4, -0.2) is 22.8 Å². The number of benzene rings is 2. The highest BCUT2D eigenvalue weighted by Gasteiger charge is 2.16. The second kappa shape index (κ2) is 7.81. The Kier molecular flexibility index (Phi) is 5.30. The number of ether oxygens (including phenoxy) is 1. The first kappa shape index (κ1) is 17.0. The van der Waals surface area contributed by atoms with E-state index in [-0.39, 0.29) is 11.7 Å². The third-order valence-electron chi connectivity index (χ3n) is 3.41. The van der Waals surface area contributed by atoms with E-state index in [1.807, 2.05) is 13.0 Å². The summed E-state index contributed by atoms with van der Waals surface area (Å²) in [4.78, 5) is 12.5. The standard InChI is InChI=1S/C18H16ClN3O3/c1-2-10-24-15-5-3-4-13(11-15)18(23)20-17-16(21-25-22-17)12-6-8-14(19)9-7-12/h3-9,11H,2,10H2,1H3,(H,20,22,23). The summed E-state index contributed by atoms with van der Waals surface area (Å²) in [7, 11) is 0. The monoisotopic (exact) mass is 357 g/mol. The van der Waals surface area contributed by atoms with Crippen molar-refractivity contribution in [2.75, 3.05) is 11.9 Å². The molecule has 0 aliphatic heterocycles. The van der Waals surface area contributed by atoms with Crippen molar-refractivity contribution >= 4 is 23.3 Å². The van der Waals surface area contributed by atoms with Crippen LogP contribution in [0.5, 0.6) is 5.75 Å². The number of amides is 1. The topological polar surface area (TPSA) is 77.2 Å². The van der Waals surface area contributed by atoms with Crippen molar-refractivity contribution in [2.45, 2.75) is 13.3 Å². The minimum Gasteiger partial charge on any atom is -0.494 e. The molecule has 3 rings (SSSR count). The van der Waals surface area contributed by atoms with Gasteiger partial charge in [0.15, 0.2) is 5.69 Å². The predicted octanol–water partition coefficient (Wildman–Crippen LogP) is 4.43. The lowest BCUT2D eigenvalue weighted by molar-refractivity contribution is 0.102. The van der Waals surface area contributed by atoms with Gasteiger partial charge in [-0.1, -0.05) is 36.7 Å². The Labute approximate surface area is 149 Å². The number of anilines is 1. The molecule has 1 amide bonds. The van der Waals surface area contributed by atoms with E-state index >= 15 is 0 Å². The molecule has 0 bridgehead atoms. The Hall–Kier alpha value is -2.86. The minimum atomic E-state index is -0.326. The first-order valence-corrected chi connectivity index (χ1v) is 8.18. The Morgan fingerprint density at radius 3 is 2.76 bits per heavy atom. The highest BCUT2D eigenvalue weighted by Crippen LogP contribution is 2.26. The van der Waals surface area contributed by atoms with Gasteiger partial charge in [-0.15, -0.1) is 0 Å². The second-order valence-electron chi connectivity index (χ2n) is 5.30. The van der Waals surface area contributed by atoms with Crippen LogP contribution >= 0.6 is 11.6 Å². The van der Waals surface area contributed by atoms with E-state index in [0.29, 0.717) is 28.6 Å². The van der Waals surface area contributed by atoms with Crippen molar-refractivity contribution in [3.05, 3.63) is 59.1 Å². The Balaban J connectivity index is 1.78. The maximum Gasteiger partial charge on any atom is 0.257 e. The molecule has 0 atom stereocenters. The molecule has 1 N–H and O–H groups in total. The average Bonchev–Trinajstić information content (AvgIpc) is 3.09. The molecule has 2 aromatic carbocycles. The quantitative estimate of drug-likeness (QED) is 0.706. The number of carbonyl (C=O) groups is 1. The maximum atomic E-state index is 12.5. The Morgan fingerprint density at radius 1 is 1.20 bits per heavy atom. The highest BCUT2D eigenvalue weighted by atomic mass is 35.5. The van der Waals surface area contributed by atoms with Crippen LogP contribution in [0.4, 0.5) is 5.82 Å². The van der Waals surface area contributed by atoms with Crippen LogP contribution in [0.15, 0.2) is 53.2 Å². The Bertz CT molecular complexity index is 862. The first-order valence-electron chi connectivity index (χ1n) is 7.80. The van der Waals surface area contributed by atoms with Crippen LogP contribution in [0, 0.1) is 0 Å². The molecule has 6 nitrogen and oxygen atoms in total. The second-order valence-corrected chi connectivity index (χ2v) is 5.74. The molecular formula is C18H16ClN3O3. The van der Waals surface area contributed by atoms with Gasteiger partial charge in [-0.05, 0) is 47.1 Å². The van der Waals surface area contributed by atoms with Gasteiger partial charge in [-0.3, -0.25) is 4.79 Å². The number of nitrogens with zero attached hydrogens (tertiary/aromatic N) is 2. The molecule has 0 fully saturated rings. The summed E-state index contributed by atoms with van der Waals surface area (Å²) >= 11 is 5.89. The van der Waals surface area contributed by atoms with Gasteiger partial charge < -0.3 is 10.1 Å². The van der Waals surface area contributed by atoms with Crippen molar-refractivity contribution in [2.24, 2.45) is 0 Å². The SMILES string of the molecule is CCCOc1cccc(C(=O)Nc2nonc2-c2ccc(Cl)cc2)c1. The molecule has 1 aromatic heterocycles. The molecule has 0 saturated heterocycles. The predicted molar refractivity (Wildman–Crippen MR) is 94.9 cm³/mol. The van der Waals surface area contributed by atoms with Crippen LogP contribution in [0.25, 0.3) is 11.3 Å². The molecule has 0 radical (unpaired) electrons. The van der Waals surface area contributed by atoms with Gasteiger partial charge in [0.05, 0.1) is 6.61 Å². The van der Waals surface area contributed by atoms with Gasteiger partial charge in [0.2, 0.25) is 5.82 Å². The summed E-state index contributed by atoms with van der Waals surface area (Å²) in [5.41, 5.74) is 1.63.